The van der Waals surface area contributed by atoms with Gasteiger partial charge in [-0.3, -0.25) is 0 Å². The van der Waals surface area contributed by atoms with Crippen molar-refractivity contribution >= 4 is 29.0 Å². The van der Waals surface area contributed by atoms with Crippen LogP contribution < -0.4 is 5.73 Å². The number of aryl methyl sites for hydroxylation is 1. The van der Waals surface area contributed by atoms with Gasteiger partial charge in [0.15, 0.2) is 5.84 Å². The Morgan fingerprint density at radius 1 is 1.37 bits per heavy atom. The zero-order valence-electron chi connectivity index (χ0n) is 10.4. The van der Waals surface area contributed by atoms with Gasteiger partial charge in [-0.05, 0) is 32.0 Å². The molecule has 0 spiro atoms. The van der Waals surface area contributed by atoms with Gasteiger partial charge in [0, 0.05) is 10.6 Å². The van der Waals surface area contributed by atoms with Gasteiger partial charge in [-0.15, -0.1) is 0 Å². The second-order valence-electron chi connectivity index (χ2n) is 4.04. The van der Waals surface area contributed by atoms with Crippen LogP contribution in [0.3, 0.4) is 0 Å². The van der Waals surface area contributed by atoms with Gasteiger partial charge in [-0.25, -0.2) is 4.68 Å². The Morgan fingerprint density at radius 3 is 2.58 bits per heavy atom. The zero-order chi connectivity index (χ0) is 14.2. The monoisotopic (exact) mass is 298 g/mol. The first-order valence-corrected chi connectivity index (χ1v) is 6.21. The fraction of sp³-hybridized carbons (Fsp3) is 0.167. The predicted molar refractivity (Wildman–Crippen MR) is 75.6 cm³/mol. The lowest BCUT2D eigenvalue weighted by Gasteiger charge is -2.10. The van der Waals surface area contributed by atoms with Crippen LogP contribution in [0.15, 0.2) is 23.4 Å². The van der Waals surface area contributed by atoms with Crippen molar-refractivity contribution in [2.24, 2.45) is 10.9 Å². The smallest absolute Gasteiger partial charge is 0.172 e. The lowest BCUT2D eigenvalue weighted by Crippen LogP contribution is -2.17. The van der Waals surface area contributed by atoms with Crippen LogP contribution in [-0.2, 0) is 0 Å². The lowest BCUT2D eigenvalue weighted by molar-refractivity contribution is 0.318. The Hall–Kier alpha value is -1.72. The Bertz CT molecular complexity index is 664. The van der Waals surface area contributed by atoms with Crippen LogP contribution in [0.1, 0.15) is 17.0 Å². The van der Waals surface area contributed by atoms with Gasteiger partial charge in [0.2, 0.25) is 0 Å². The van der Waals surface area contributed by atoms with Gasteiger partial charge in [0.1, 0.15) is 0 Å². The summed E-state index contributed by atoms with van der Waals surface area (Å²) in [5.41, 5.74) is 8.25. The van der Waals surface area contributed by atoms with E-state index in [1.54, 1.807) is 29.8 Å². The molecule has 2 aromatic rings. The van der Waals surface area contributed by atoms with Gasteiger partial charge >= 0.3 is 0 Å². The maximum atomic E-state index is 8.83. The number of oxime groups is 1. The maximum Gasteiger partial charge on any atom is 0.172 e. The highest BCUT2D eigenvalue weighted by Crippen LogP contribution is 2.26. The van der Waals surface area contributed by atoms with Gasteiger partial charge in [-0.1, -0.05) is 28.4 Å². The van der Waals surface area contributed by atoms with E-state index >= 15 is 0 Å². The quantitative estimate of drug-likeness (QED) is 0.387. The van der Waals surface area contributed by atoms with Crippen molar-refractivity contribution in [1.29, 1.82) is 0 Å². The SMILES string of the molecule is Cc1nn(-c2cc(Cl)ccc2C(N)=NO)c(C)c1Cl. The van der Waals surface area contributed by atoms with Crippen molar-refractivity contribution in [1.82, 2.24) is 9.78 Å². The molecule has 0 saturated carbocycles. The molecule has 19 heavy (non-hydrogen) atoms. The van der Waals surface area contributed by atoms with Gasteiger partial charge in [0.05, 0.1) is 22.1 Å². The van der Waals surface area contributed by atoms with Gasteiger partial charge < -0.3 is 10.9 Å². The summed E-state index contributed by atoms with van der Waals surface area (Å²) >= 11 is 12.1. The van der Waals surface area contributed by atoms with E-state index < -0.39 is 0 Å². The zero-order valence-corrected chi connectivity index (χ0v) is 11.9. The molecule has 0 amide bonds. The summed E-state index contributed by atoms with van der Waals surface area (Å²) in [7, 11) is 0. The van der Waals surface area contributed by atoms with Crippen molar-refractivity contribution in [2.45, 2.75) is 13.8 Å². The second-order valence-corrected chi connectivity index (χ2v) is 4.86. The van der Waals surface area contributed by atoms with Crippen LogP contribution in [0.5, 0.6) is 0 Å². The third kappa shape index (κ3) is 2.39. The molecule has 1 heterocycles. The molecule has 0 bridgehead atoms. The normalized spacial score (nSPS) is 11.9. The maximum absolute atomic E-state index is 8.83. The Morgan fingerprint density at radius 2 is 2.05 bits per heavy atom. The number of aromatic nitrogens is 2. The molecule has 0 aliphatic carbocycles. The predicted octanol–water partition coefficient (Wildman–Crippen LogP) is 2.89. The van der Waals surface area contributed by atoms with Crippen molar-refractivity contribution in [2.75, 3.05) is 0 Å². The molecule has 100 valence electrons. The van der Waals surface area contributed by atoms with E-state index in [1.807, 2.05) is 6.92 Å². The van der Waals surface area contributed by atoms with E-state index in [-0.39, 0.29) is 5.84 Å². The number of hydrogen-bond donors (Lipinski definition) is 2. The molecule has 0 aliphatic rings. The Kier molecular flexibility index (Phi) is 3.68. The third-order valence-electron chi connectivity index (χ3n) is 2.77. The highest BCUT2D eigenvalue weighted by molar-refractivity contribution is 6.32. The topological polar surface area (TPSA) is 76.4 Å². The van der Waals surface area contributed by atoms with Gasteiger partial charge in [0.25, 0.3) is 0 Å². The lowest BCUT2D eigenvalue weighted by atomic mass is 10.1. The molecule has 1 aromatic carbocycles. The molecule has 3 N–H and O–H groups in total. The van der Waals surface area contributed by atoms with E-state index in [0.29, 0.717) is 27.0 Å². The number of rotatable bonds is 2. The number of amidine groups is 1. The summed E-state index contributed by atoms with van der Waals surface area (Å²) < 4.78 is 1.62. The molecule has 0 saturated heterocycles. The number of benzene rings is 1. The minimum atomic E-state index is -0.0182. The summed E-state index contributed by atoms with van der Waals surface area (Å²) in [6.45, 7) is 3.64. The first-order valence-electron chi connectivity index (χ1n) is 5.45. The molecule has 0 atom stereocenters. The Labute approximate surface area is 120 Å². The van der Waals surface area contributed by atoms with E-state index in [1.165, 1.54) is 0 Å². The van der Waals surface area contributed by atoms with Gasteiger partial charge in [-0.2, -0.15) is 5.10 Å². The molecule has 1 aromatic heterocycles. The fourth-order valence-corrected chi connectivity index (χ4v) is 2.09. The number of nitrogens with zero attached hydrogens (tertiary/aromatic N) is 3. The molecule has 5 nitrogen and oxygen atoms in total. The largest absolute Gasteiger partial charge is 0.409 e. The van der Waals surface area contributed by atoms with E-state index in [4.69, 9.17) is 34.1 Å². The molecular formula is C12H12Cl2N4O. The summed E-state index contributed by atoms with van der Waals surface area (Å²) in [5, 5.41) is 17.3. The standard InChI is InChI=1S/C12H12Cl2N4O/c1-6-11(14)7(2)18(16-6)10-5-8(13)3-4-9(10)12(15)17-19/h3-5,19H,1-2H3,(H2,15,17). The summed E-state index contributed by atoms with van der Waals surface area (Å²) in [4.78, 5) is 0. The van der Waals surface area contributed by atoms with Crippen LogP contribution in [0.4, 0.5) is 0 Å². The number of nitrogens with two attached hydrogens (primary N) is 1. The number of halogens is 2. The van der Waals surface area contributed by atoms with E-state index in [2.05, 4.69) is 10.3 Å². The molecule has 0 unspecified atom stereocenters. The van der Waals surface area contributed by atoms with E-state index in [0.717, 1.165) is 5.69 Å². The van der Waals surface area contributed by atoms with Crippen molar-refractivity contribution in [3.8, 4) is 5.69 Å². The fourth-order valence-electron chi connectivity index (χ4n) is 1.81. The summed E-state index contributed by atoms with van der Waals surface area (Å²) in [5.74, 6) is -0.0182. The summed E-state index contributed by atoms with van der Waals surface area (Å²) in [6, 6.07) is 5.01. The van der Waals surface area contributed by atoms with Crippen LogP contribution >= 0.6 is 23.2 Å². The first kappa shape index (κ1) is 13.7. The highest BCUT2D eigenvalue weighted by Gasteiger charge is 2.16. The van der Waals surface area contributed by atoms with Crippen LogP contribution in [-0.4, -0.2) is 20.8 Å². The van der Waals surface area contributed by atoms with Crippen molar-refractivity contribution in [3.63, 3.8) is 0 Å². The average Bonchev–Trinajstić information content (AvgIpc) is 2.65. The molecule has 0 aliphatic heterocycles. The number of hydrogen-bond acceptors (Lipinski definition) is 3. The average molecular weight is 299 g/mol. The van der Waals surface area contributed by atoms with Crippen LogP contribution in [0, 0.1) is 13.8 Å². The molecular weight excluding hydrogens is 287 g/mol. The van der Waals surface area contributed by atoms with Crippen LogP contribution in [0.25, 0.3) is 5.69 Å². The first-order chi connectivity index (χ1) is 8.95. The summed E-state index contributed by atoms with van der Waals surface area (Å²) in [6.07, 6.45) is 0. The van der Waals surface area contributed by atoms with E-state index in [9.17, 15) is 0 Å². The van der Waals surface area contributed by atoms with Crippen LogP contribution in [0.2, 0.25) is 10.0 Å². The van der Waals surface area contributed by atoms with Crippen molar-refractivity contribution < 1.29 is 5.21 Å². The minimum Gasteiger partial charge on any atom is -0.409 e. The third-order valence-corrected chi connectivity index (χ3v) is 3.56. The second kappa shape index (κ2) is 5.11. The molecule has 0 fully saturated rings. The molecule has 2 rings (SSSR count). The Balaban J connectivity index is 2.73. The molecule has 0 radical (unpaired) electrons. The molecule has 7 heteroatoms. The highest BCUT2D eigenvalue weighted by atomic mass is 35.5. The minimum absolute atomic E-state index is 0.0182. The van der Waals surface area contributed by atoms with Crippen molar-refractivity contribution in [3.05, 3.63) is 45.2 Å².